The van der Waals surface area contributed by atoms with Gasteiger partial charge in [-0.3, -0.25) is 4.79 Å². The van der Waals surface area contributed by atoms with E-state index in [9.17, 15) is 4.79 Å². The van der Waals surface area contributed by atoms with Gasteiger partial charge in [-0.15, -0.1) is 0 Å². The molecule has 2 aromatic carbocycles. The van der Waals surface area contributed by atoms with Crippen LogP contribution >= 0.6 is 0 Å². The van der Waals surface area contributed by atoms with Crippen molar-refractivity contribution in [2.75, 3.05) is 0 Å². The number of piperidine rings is 1. The molecule has 1 aliphatic rings. The maximum Gasteiger partial charge on any atom is 0.255 e. The van der Waals surface area contributed by atoms with Gasteiger partial charge in [0.15, 0.2) is 0 Å². The highest BCUT2D eigenvalue weighted by Gasteiger charge is 2.38. The molecule has 1 amide bonds. The molecule has 1 aromatic heterocycles. The van der Waals surface area contributed by atoms with E-state index in [2.05, 4.69) is 38.3 Å². The van der Waals surface area contributed by atoms with Gasteiger partial charge in [0.25, 0.3) is 5.91 Å². The fraction of sp³-hybridized carbons (Fsp3) is 0.423. The second-order valence-electron chi connectivity index (χ2n) is 9.94. The lowest BCUT2D eigenvalue weighted by atomic mass is 9.79. The number of fused-ring (bicyclic) bond motifs is 1. The second kappa shape index (κ2) is 8.04. The summed E-state index contributed by atoms with van der Waals surface area (Å²) in [5.41, 5.74) is 2.31. The van der Waals surface area contributed by atoms with E-state index in [1.54, 1.807) is 0 Å². The molecule has 3 aromatic rings. The molecule has 31 heavy (non-hydrogen) atoms. The van der Waals surface area contributed by atoms with E-state index in [0.717, 1.165) is 29.5 Å². The zero-order valence-corrected chi connectivity index (χ0v) is 19.0. The lowest BCUT2D eigenvalue weighted by Gasteiger charge is -2.46. The molecule has 0 radical (unpaired) electrons. The first-order chi connectivity index (χ1) is 14.6. The molecule has 164 valence electrons. The highest BCUT2D eigenvalue weighted by atomic mass is 16.5. The zero-order chi connectivity index (χ0) is 22.2. The summed E-state index contributed by atoms with van der Waals surface area (Å²) in [6.45, 7) is 11.0. The quantitative estimate of drug-likeness (QED) is 0.583. The highest BCUT2D eigenvalue weighted by molar-refractivity contribution is 6.07. The molecule has 1 aliphatic heterocycles. The summed E-state index contributed by atoms with van der Waals surface area (Å²) in [5.74, 6) is 1.26. The average molecular weight is 421 g/mol. The Hall–Kier alpha value is -2.79. The third-order valence-electron chi connectivity index (χ3n) is 5.84. The summed E-state index contributed by atoms with van der Waals surface area (Å²) in [6.07, 6.45) is 1.75. The topological polar surface area (TPSA) is 63.5 Å². The number of rotatable bonds is 5. The number of hydrogen-bond acceptors (Lipinski definition) is 4. The van der Waals surface area contributed by atoms with Crippen molar-refractivity contribution < 1.29 is 13.9 Å². The van der Waals surface area contributed by atoms with Crippen LogP contribution in [0.2, 0.25) is 0 Å². The largest absolute Gasteiger partial charge is 0.489 e. The molecule has 5 heteroatoms. The molecule has 2 heterocycles. The SMILES string of the molecule is Cc1oc2ccc(OCc3ccccc3)cc2c1C(=O)NC1CC(C)(C)NC(C)(C)C1. The summed E-state index contributed by atoms with van der Waals surface area (Å²) >= 11 is 0. The van der Waals surface area contributed by atoms with Gasteiger partial charge >= 0.3 is 0 Å². The number of ether oxygens (including phenoxy) is 1. The van der Waals surface area contributed by atoms with Gasteiger partial charge in [0.2, 0.25) is 0 Å². The number of nitrogens with one attached hydrogen (secondary N) is 2. The minimum absolute atomic E-state index is 0.0361. The van der Waals surface area contributed by atoms with Crippen LogP contribution in [0.1, 0.15) is 62.2 Å². The van der Waals surface area contributed by atoms with Gasteiger partial charge in [0, 0.05) is 22.5 Å². The van der Waals surface area contributed by atoms with E-state index >= 15 is 0 Å². The summed E-state index contributed by atoms with van der Waals surface area (Å²) in [4.78, 5) is 13.3. The fourth-order valence-corrected chi connectivity index (χ4v) is 4.99. The van der Waals surface area contributed by atoms with Gasteiger partial charge in [-0.1, -0.05) is 30.3 Å². The Kier molecular flexibility index (Phi) is 5.56. The van der Waals surface area contributed by atoms with Crippen molar-refractivity contribution in [2.24, 2.45) is 0 Å². The molecule has 2 N–H and O–H groups in total. The minimum Gasteiger partial charge on any atom is -0.489 e. The molecule has 1 saturated heterocycles. The number of benzene rings is 2. The van der Waals surface area contributed by atoms with E-state index in [1.165, 1.54) is 0 Å². The van der Waals surface area contributed by atoms with Crippen molar-refractivity contribution in [2.45, 2.75) is 71.2 Å². The van der Waals surface area contributed by atoms with Crippen LogP contribution in [0.25, 0.3) is 11.0 Å². The van der Waals surface area contributed by atoms with Gasteiger partial charge in [0.1, 0.15) is 23.7 Å². The predicted octanol–water partition coefficient (Wildman–Crippen LogP) is 5.36. The van der Waals surface area contributed by atoms with Crippen molar-refractivity contribution in [3.63, 3.8) is 0 Å². The number of furan rings is 1. The van der Waals surface area contributed by atoms with Gasteiger partial charge in [-0.05, 0) is 71.2 Å². The molecular weight excluding hydrogens is 388 g/mol. The monoisotopic (exact) mass is 420 g/mol. The third kappa shape index (κ3) is 4.93. The second-order valence-corrected chi connectivity index (χ2v) is 9.94. The lowest BCUT2D eigenvalue weighted by Crippen LogP contribution is -2.62. The summed E-state index contributed by atoms with van der Waals surface area (Å²) in [7, 11) is 0. The maximum atomic E-state index is 13.3. The van der Waals surface area contributed by atoms with Crippen LogP contribution < -0.4 is 15.4 Å². The van der Waals surface area contributed by atoms with Crippen molar-refractivity contribution in [1.29, 1.82) is 0 Å². The summed E-state index contributed by atoms with van der Waals surface area (Å²) in [6, 6.07) is 15.8. The number of carbonyl (C=O) groups is 1. The lowest BCUT2D eigenvalue weighted by molar-refractivity contribution is 0.0873. The first kappa shape index (κ1) is 21.4. The average Bonchev–Trinajstić information content (AvgIpc) is 2.99. The van der Waals surface area contributed by atoms with E-state index in [0.29, 0.717) is 23.5 Å². The molecule has 0 atom stereocenters. The van der Waals surface area contributed by atoms with Crippen LogP contribution in [0, 0.1) is 6.92 Å². The minimum atomic E-state index is -0.0880. The Bertz CT molecular complexity index is 1070. The van der Waals surface area contributed by atoms with E-state index in [4.69, 9.17) is 9.15 Å². The first-order valence-corrected chi connectivity index (χ1v) is 10.9. The van der Waals surface area contributed by atoms with Crippen molar-refractivity contribution in [1.82, 2.24) is 10.6 Å². The Morgan fingerprint density at radius 1 is 1.10 bits per heavy atom. The van der Waals surface area contributed by atoms with E-state index in [-0.39, 0.29) is 23.0 Å². The van der Waals surface area contributed by atoms with Crippen LogP contribution in [0.4, 0.5) is 0 Å². The van der Waals surface area contributed by atoms with Crippen LogP contribution in [0.15, 0.2) is 52.9 Å². The molecule has 0 bridgehead atoms. The van der Waals surface area contributed by atoms with Gasteiger partial charge < -0.3 is 19.8 Å². The van der Waals surface area contributed by atoms with Crippen molar-refractivity contribution >= 4 is 16.9 Å². The molecule has 4 rings (SSSR count). The Morgan fingerprint density at radius 3 is 2.45 bits per heavy atom. The first-order valence-electron chi connectivity index (χ1n) is 10.9. The third-order valence-corrected chi connectivity index (χ3v) is 5.84. The maximum absolute atomic E-state index is 13.3. The zero-order valence-electron chi connectivity index (χ0n) is 19.0. The smallest absolute Gasteiger partial charge is 0.255 e. The van der Waals surface area contributed by atoms with Crippen LogP contribution in [0.3, 0.4) is 0 Å². The van der Waals surface area contributed by atoms with Gasteiger partial charge in [0.05, 0.1) is 5.56 Å². The molecule has 5 nitrogen and oxygen atoms in total. The molecule has 0 spiro atoms. The van der Waals surface area contributed by atoms with Gasteiger partial charge in [-0.2, -0.15) is 0 Å². The Morgan fingerprint density at radius 2 is 1.77 bits per heavy atom. The Labute approximate surface area is 184 Å². The van der Waals surface area contributed by atoms with Crippen LogP contribution in [-0.2, 0) is 6.61 Å². The normalized spacial score (nSPS) is 18.1. The predicted molar refractivity (Wildman–Crippen MR) is 124 cm³/mol. The standard InChI is InChI=1S/C26H32N2O3/c1-17-23(24(29)27-19-14-25(2,3)28-26(4,5)15-19)21-13-20(11-12-22(21)31-17)30-16-18-9-7-6-8-10-18/h6-13,19,28H,14-16H2,1-5H3,(H,27,29). The molecule has 0 saturated carbocycles. The van der Waals surface area contributed by atoms with Gasteiger partial charge in [-0.25, -0.2) is 0 Å². The number of amides is 1. The highest BCUT2D eigenvalue weighted by Crippen LogP contribution is 2.32. The fourth-order valence-electron chi connectivity index (χ4n) is 4.99. The summed E-state index contributed by atoms with van der Waals surface area (Å²) < 4.78 is 11.8. The molecule has 1 fully saturated rings. The van der Waals surface area contributed by atoms with Crippen LogP contribution in [-0.4, -0.2) is 23.0 Å². The molecule has 0 unspecified atom stereocenters. The van der Waals surface area contributed by atoms with E-state index in [1.807, 2.05) is 55.5 Å². The number of carbonyl (C=O) groups excluding carboxylic acids is 1. The molecular formula is C26H32N2O3. The number of aryl methyl sites for hydroxylation is 1. The summed E-state index contributed by atoms with van der Waals surface area (Å²) in [5, 5.41) is 7.71. The van der Waals surface area contributed by atoms with Crippen molar-refractivity contribution in [3.8, 4) is 5.75 Å². The number of hydrogen-bond donors (Lipinski definition) is 2. The van der Waals surface area contributed by atoms with E-state index < -0.39 is 0 Å². The van der Waals surface area contributed by atoms with Crippen LogP contribution in [0.5, 0.6) is 5.75 Å². The Balaban J connectivity index is 1.55. The van der Waals surface area contributed by atoms with Crippen molar-refractivity contribution in [3.05, 3.63) is 65.4 Å². The molecule has 0 aliphatic carbocycles.